The van der Waals surface area contributed by atoms with Crippen LogP contribution in [-0.4, -0.2) is 16.0 Å². The first kappa shape index (κ1) is 19.2. The highest BCUT2D eigenvalue weighted by Gasteiger charge is 2.23. The Morgan fingerprint density at radius 2 is 1.71 bits per heavy atom. The molecule has 0 saturated heterocycles. The summed E-state index contributed by atoms with van der Waals surface area (Å²) in [5, 5.41) is 10.2. The first-order valence-electron chi connectivity index (χ1n) is 8.84. The molecule has 2 aromatic carbocycles. The minimum absolute atomic E-state index is 0.102. The smallest absolute Gasteiger partial charge is 0.252 e. The second kappa shape index (κ2) is 7.23. The summed E-state index contributed by atoms with van der Waals surface area (Å²) in [6, 6.07) is 9.11. The lowest BCUT2D eigenvalue weighted by molar-refractivity contribution is 0.100. The van der Waals surface area contributed by atoms with Crippen molar-refractivity contribution in [3.8, 4) is 28.5 Å². The molecule has 3 aromatic rings. The molecule has 1 amide bonds. The van der Waals surface area contributed by atoms with E-state index in [9.17, 15) is 9.90 Å². The third-order valence-electron chi connectivity index (χ3n) is 5.01. The number of carbonyl (C=O) groups is 1. The number of nitrogens with zero attached hydrogens (tertiary/aromatic N) is 1. The topological polar surface area (TPSA) is 111 Å². The highest BCUT2D eigenvalue weighted by atomic mass is 16.5. The Morgan fingerprint density at radius 3 is 2.39 bits per heavy atom. The molecule has 5 N–H and O–H groups in total. The van der Waals surface area contributed by atoms with Crippen LogP contribution in [-0.2, 0) is 0 Å². The first-order chi connectivity index (χ1) is 13.2. The Hall–Kier alpha value is -3.54. The van der Waals surface area contributed by atoms with Crippen LogP contribution < -0.4 is 16.2 Å². The number of phenols is 1. The molecule has 0 saturated carbocycles. The van der Waals surface area contributed by atoms with Crippen molar-refractivity contribution in [2.24, 2.45) is 5.73 Å². The molecule has 0 bridgehead atoms. The number of carbonyl (C=O) groups excluding carboxylic acids is 1. The van der Waals surface area contributed by atoms with E-state index in [0.717, 1.165) is 16.7 Å². The molecular weight excluding hydrogens is 354 g/mol. The van der Waals surface area contributed by atoms with Gasteiger partial charge in [0.2, 0.25) is 5.88 Å². The number of nitrogens with two attached hydrogens (primary N) is 2. The van der Waals surface area contributed by atoms with Crippen LogP contribution in [0.3, 0.4) is 0 Å². The number of hydrogen-bond donors (Lipinski definition) is 3. The molecule has 0 spiro atoms. The van der Waals surface area contributed by atoms with Crippen molar-refractivity contribution in [1.29, 1.82) is 0 Å². The van der Waals surface area contributed by atoms with Crippen molar-refractivity contribution in [2.75, 3.05) is 5.73 Å². The fourth-order valence-corrected chi connectivity index (χ4v) is 3.18. The van der Waals surface area contributed by atoms with Crippen molar-refractivity contribution in [2.45, 2.75) is 27.7 Å². The molecular formula is C22H23N3O3. The number of nitrogen functional groups attached to an aromatic ring is 1. The number of hydrogen-bond acceptors (Lipinski definition) is 5. The summed E-state index contributed by atoms with van der Waals surface area (Å²) in [4.78, 5) is 16.2. The molecule has 0 aliphatic rings. The van der Waals surface area contributed by atoms with Gasteiger partial charge in [-0.3, -0.25) is 4.79 Å². The van der Waals surface area contributed by atoms with Gasteiger partial charge in [0.15, 0.2) is 0 Å². The predicted molar refractivity (Wildman–Crippen MR) is 110 cm³/mol. The van der Waals surface area contributed by atoms with Gasteiger partial charge in [0.1, 0.15) is 11.5 Å². The van der Waals surface area contributed by atoms with Crippen molar-refractivity contribution < 1.29 is 14.6 Å². The Kier molecular flexibility index (Phi) is 4.96. The zero-order valence-electron chi connectivity index (χ0n) is 16.3. The van der Waals surface area contributed by atoms with Crippen LogP contribution >= 0.6 is 0 Å². The highest BCUT2D eigenvalue weighted by Crippen LogP contribution is 2.43. The third kappa shape index (κ3) is 3.24. The van der Waals surface area contributed by atoms with E-state index < -0.39 is 5.91 Å². The maximum absolute atomic E-state index is 11.8. The molecule has 0 unspecified atom stereocenters. The van der Waals surface area contributed by atoms with Crippen LogP contribution in [0, 0.1) is 27.7 Å². The molecule has 0 aliphatic carbocycles. The lowest BCUT2D eigenvalue weighted by Gasteiger charge is -2.19. The van der Waals surface area contributed by atoms with E-state index in [1.165, 1.54) is 6.20 Å². The summed E-state index contributed by atoms with van der Waals surface area (Å²) < 4.78 is 6.12. The van der Waals surface area contributed by atoms with Gasteiger partial charge < -0.3 is 21.3 Å². The van der Waals surface area contributed by atoms with Gasteiger partial charge in [-0.1, -0.05) is 18.2 Å². The molecule has 0 aliphatic heterocycles. The van der Waals surface area contributed by atoms with Crippen molar-refractivity contribution in [1.82, 2.24) is 4.98 Å². The zero-order chi connectivity index (χ0) is 20.6. The molecule has 3 rings (SSSR count). The number of phenolic OH excluding ortho intramolecular Hbond substituents is 1. The average Bonchev–Trinajstić information content (AvgIpc) is 2.64. The number of aromatic nitrogens is 1. The SMILES string of the molecule is Cc1cccc(Oc2ncc(C(N)=O)c(N)c2-c2c(C)ccc(O)c2C)c1C. The summed E-state index contributed by atoms with van der Waals surface area (Å²) in [7, 11) is 0. The number of amides is 1. The number of ether oxygens (including phenoxy) is 1. The number of anilines is 1. The lowest BCUT2D eigenvalue weighted by atomic mass is 9.93. The molecule has 1 heterocycles. The van der Waals surface area contributed by atoms with Crippen LogP contribution in [0.15, 0.2) is 36.5 Å². The van der Waals surface area contributed by atoms with E-state index in [1.807, 2.05) is 39.0 Å². The number of rotatable bonds is 4. The molecule has 6 heteroatoms. The standard InChI is InChI=1S/C22H23N3O3/c1-11-6-5-7-17(13(11)3)28-22-19(20(23)15(10-25-22)21(24)27)18-12(2)8-9-16(26)14(18)4/h5-10,26H,1-4H3,(H2,23,25)(H2,24,27). The fraction of sp³-hybridized carbons (Fsp3) is 0.182. The largest absolute Gasteiger partial charge is 0.508 e. The molecule has 28 heavy (non-hydrogen) atoms. The number of aryl methyl sites for hydroxylation is 2. The van der Waals surface area contributed by atoms with Crippen molar-refractivity contribution in [3.05, 3.63) is 64.3 Å². The zero-order valence-corrected chi connectivity index (χ0v) is 16.3. The Bertz CT molecular complexity index is 1090. The fourth-order valence-electron chi connectivity index (χ4n) is 3.18. The van der Waals surface area contributed by atoms with E-state index >= 15 is 0 Å². The van der Waals surface area contributed by atoms with Gasteiger partial charge in [0, 0.05) is 6.20 Å². The molecule has 0 atom stereocenters. The highest BCUT2D eigenvalue weighted by molar-refractivity contribution is 6.02. The second-order valence-corrected chi connectivity index (χ2v) is 6.83. The second-order valence-electron chi connectivity index (χ2n) is 6.83. The average molecular weight is 377 g/mol. The van der Waals surface area contributed by atoms with Gasteiger partial charge in [-0.2, -0.15) is 0 Å². The number of primary amides is 1. The van der Waals surface area contributed by atoms with Gasteiger partial charge in [-0.25, -0.2) is 4.98 Å². The van der Waals surface area contributed by atoms with Crippen molar-refractivity contribution in [3.63, 3.8) is 0 Å². The van der Waals surface area contributed by atoms with Gasteiger partial charge in [-0.15, -0.1) is 0 Å². The number of pyridine rings is 1. The van der Waals surface area contributed by atoms with E-state index in [0.29, 0.717) is 22.4 Å². The summed E-state index contributed by atoms with van der Waals surface area (Å²) in [6.07, 6.45) is 1.31. The summed E-state index contributed by atoms with van der Waals surface area (Å²) in [5.74, 6) is 0.311. The summed E-state index contributed by atoms with van der Waals surface area (Å²) in [6.45, 7) is 7.61. The van der Waals surface area contributed by atoms with Crippen LogP contribution in [0.5, 0.6) is 17.4 Å². The summed E-state index contributed by atoms with van der Waals surface area (Å²) in [5.41, 5.74) is 16.7. The molecule has 0 radical (unpaired) electrons. The molecule has 6 nitrogen and oxygen atoms in total. The third-order valence-corrected chi connectivity index (χ3v) is 5.01. The minimum Gasteiger partial charge on any atom is -0.508 e. The van der Waals surface area contributed by atoms with Crippen molar-refractivity contribution >= 4 is 11.6 Å². The first-order valence-corrected chi connectivity index (χ1v) is 8.84. The Labute approximate surface area is 163 Å². The number of benzene rings is 2. The van der Waals surface area contributed by atoms with Gasteiger partial charge in [0.05, 0.1) is 16.8 Å². The van der Waals surface area contributed by atoms with E-state index in [2.05, 4.69) is 4.98 Å². The predicted octanol–water partition coefficient (Wildman–Crippen LogP) is 4.16. The van der Waals surface area contributed by atoms with E-state index in [4.69, 9.17) is 16.2 Å². The van der Waals surface area contributed by atoms with E-state index in [1.54, 1.807) is 19.1 Å². The van der Waals surface area contributed by atoms with Crippen LogP contribution in [0.1, 0.15) is 32.6 Å². The maximum atomic E-state index is 11.8. The van der Waals surface area contributed by atoms with Crippen LogP contribution in [0.25, 0.3) is 11.1 Å². The number of aromatic hydroxyl groups is 1. The summed E-state index contributed by atoms with van der Waals surface area (Å²) >= 11 is 0. The normalized spacial score (nSPS) is 10.7. The quantitative estimate of drug-likeness (QED) is 0.632. The van der Waals surface area contributed by atoms with Crippen LogP contribution in [0.2, 0.25) is 0 Å². The molecule has 0 fully saturated rings. The molecule has 144 valence electrons. The Balaban J connectivity index is 2.31. The van der Waals surface area contributed by atoms with E-state index in [-0.39, 0.29) is 22.9 Å². The minimum atomic E-state index is -0.681. The van der Waals surface area contributed by atoms with Gasteiger partial charge >= 0.3 is 0 Å². The molecule has 1 aromatic heterocycles. The van der Waals surface area contributed by atoms with Crippen LogP contribution in [0.4, 0.5) is 5.69 Å². The van der Waals surface area contributed by atoms with Gasteiger partial charge in [-0.05, 0) is 67.6 Å². The maximum Gasteiger partial charge on any atom is 0.252 e. The monoisotopic (exact) mass is 377 g/mol. The van der Waals surface area contributed by atoms with Gasteiger partial charge in [0.25, 0.3) is 5.91 Å². The Morgan fingerprint density at radius 1 is 1.00 bits per heavy atom. The lowest BCUT2D eigenvalue weighted by Crippen LogP contribution is -2.15.